The molecule has 0 fully saturated rings. The molecule has 0 aliphatic rings. The van der Waals surface area contributed by atoms with E-state index in [0.29, 0.717) is 12.1 Å². The van der Waals surface area contributed by atoms with Crippen LogP contribution < -0.4 is 11.1 Å². The number of nitrogen functional groups attached to an aromatic ring is 1. The Kier molecular flexibility index (Phi) is 4.47. The molecule has 1 aromatic rings. The topological polar surface area (TPSA) is 98.3 Å². The van der Waals surface area contributed by atoms with Gasteiger partial charge in [-0.05, 0) is 24.0 Å². The van der Waals surface area contributed by atoms with Crippen molar-refractivity contribution in [3.05, 3.63) is 33.9 Å². The molecule has 3 N–H and O–H groups in total. The molecule has 19 heavy (non-hydrogen) atoms. The minimum atomic E-state index is -0.573. The lowest BCUT2D eigenvalue weighted by Gasteiger charge is -2.18. The van der Waals surface area contributed by atoms with Crippen molar-refractivity contribution in [3.8, 4) is 0 Å². The van der Waals surface area contributed by atoms with Crippen molar-refractivity contribution in [1.29, 1.82) is 0 Å². The van der Waals surface area contributed by atoms with Crippen LogP contribution in [0, 0.1) is 15.5 Å². The van der Waals surface area contributed by atoms with Gasteiger partial charge in [0, 0.05) is 18.2 Å². The Balaban J connectivity index is 2.68. The summed E-state index contributed by atoms with van der Waals surface area (Å²) in [5.41, 5.74) is 5.81. The van der Waals surface area contributed by atoms with Crippen LogP contribution in [-0.4, -0.2) is 17.4 Å². The van der Waals surface area contributed by atoms with Crippen LogP contribution in [0.4, 0.5) is 11.4 Å². The van der Waals surface area contributed by atoms with Gasteiger partial charge in [0.05, 0.1) is 4.92 Å². The predicted octanol–water partition coefficient (Wildman–Crippen LogP) is 2.34. The molecule has 0 spiro atoms. The van der Waals surface area contributed by atoms with Crippen LogP contribution in [0.15, 0.2) is 18.2 Å². The van der Waals surface area contributed by atoms with E-state index in [-0.39, 0.29) is 22.7 Å². The number of nitrogens with one attached hydrogen (secondary N) is 1. The number of amides is 1. The number of hydrogen-bond acceptors (Lipinski definition) is 4. The lowest BCUT2D eigenvalue weighted by atomic mass is 9.92. The van der Waals surface area contributed by atoms with Crippen LogP contribution in [0.25, 0.3) is 0 Å². The zero-order valence-electron chi connectivity index (χ0n) is 11.4. The zero-order valence-corrected chi connectivity index (χ0v) is 11.4. The number of nitrogens with two attached hydrogens (primary N) is 1. The molecule has 0 aliphatic carbocycles. The van der Waals surface area contributed by atoms with Crippen molar-refractivity contribution in [3.63, 3.8) is 0 Å². The fourth-order valence-corrected chi connectivity index (χ4v) is 1.52. The number of rotatable bonds is 4. The second kappa shape index (κ2) is 5.69. The summed E-state index contributed by atoms with van der Waals surface area (Å²) < 4.78 is 0. The Morgan fingerprint density at radius 2 is 2.05 bits per heavy atom. The molecule has 0 bridgehead atoms. The average molecular weight is 265 g/mol. The van der Waals surface area contributed by atoms with E-state index >= 15 is 0 Å². The van der Waals surface area contributed by atoms with E-state index in [4.69, 9.17) is 5.73 Å². The summed E-state index contributed by atoms with van der Waals surface area (Å²) in [5.74, 6) is -0.272. The summed E-state index contributed by atoms with van der Waals surface area (Å²) in [6, 6.07) is 3.97. The maximum atomic E-state index is 11.8. The summed E-state index contributed by atoms with van der Waals surface area (Å²) in [7, 11) is 0. The first-order valence-electron chi connectivity index (χ1n) is 6.03. The Labute approximate surface area is 112 Å². The molecule has 6 nitrogen and oxygen atoms in total. The molecule has 0 unspecified atom stereocenters. The van der Waals surface area contributed by atoms with Gasteiger partial charge in [0.1, 0.15) is 5.69 Å². The number of hydrogen-bond donors (Lipinski definition) is 2. The Morgan fingerprint density at radius 1 is 1.42 bits per heavy atom. The van der Waals surface area contributed by atoms with Crippen LogP contribution in [0.5, 0.6) is 0 Å². The van der Waals surface area contributed by atoms with Gasteiger partial charge in [-0.15, -0.1) is 0 Å². The number of nitro benzene ring substituents is 1. The molecule has 104 valence electrons. The van der Waals surface area contributed by atoms with Crippen molar-refractivity contribution >= 4 is 17.3 Å². The number of carbonyl (C=O) groups excluding carboxylic acids is 1. The minimum Gasteiger partial charge on any atom is -0.393 e. The van der Waals surface area contributed by atoms with Crippen molar-refractivity contribution < 1.29 is 9.72 Å². The number of nitrogens with zero attached hydrogens (tertiary/aromatic N) is 1. The van der Waals surface area contributed by atoms with Gasteiger partial charge < -0.3 is 11.1 Å². The van der Waals surface area contributed by atoms with Crippen LogP contribution in [0.1, 0.15) is 37.6 Å². The quantitative estimate of drug-likeness (QED) is 0.496. The number of anilines is 1. The summed E-state index contributed by atoms with van der Waals surface area (Å²) in [5, 5.41) is 13.4. The van der Waals surface area contributed by atoms with Crippen LogP contribution in [0.2, 0.25) is 0 Å². The molecule has 0 heterocycles. The van der Waals surface area contributed by atoms with E-state index in [1.165, 1.54) is 18.2 Å². The van der Waals surface area contributed by atoms with Crippen molar-refractivity contribution in [1.82, 2.24) is 5.32 Å². The molecule has 0 saturated carbocycles. The highest BCUT2D eigenvalue weighted by atomic mass is 16.6. The molecule has 0 aromatic heterocycles. The maximum absolute atomic E-state index is 11.8. The third kappa shape index (κ3) is 4.57. The third-order valence-corrected chi connectivity index (χ3v) is 2.65. The molecule has 6 heteroatoms. The summed E-state index contributed by atoms with van der Waals surface area (Å²) in [6.45, 7) is 6.81. The van der Waals surface area contributed by atoms with Gasteiger partial charge in [0.25, 0.3) is 11.6 Å². The fourth-order valence-electron chi connectivity index (χ4n) is 1.52. The second-order valence-electron chi connectivity index (χ2n) is 5.60. The van der Waals surface area contributed by atoms with Gasteiger partial charge in [0.15, 0.2) is 0 Å². The maximum Gasteiger partial charge on any atom is 0.292 e. The first kappa shape index (κ1) is 14.9. The average Bonchev–Trinajstić information content (AvgIpc) is 2.26. The molecule has 0 radical (unpaired) electrons. The number of carbonyl (C=O) groups is 1. The summed E-state index contributed by atoms with van der Waals surface area (Å²) in [6.07, 6.45) is 0.848. The van der Waals surface area contributed by atoms with E-state index in [1.54, 1.807) is 0 Å². The SMILES string of the molecule is CC(C)(C)CCNC(=O)c1ccc([N+](=O)[O-])c(N)c1. The summed E-state index contributed by atoms with van der Waals surface area (Å²) in [4.78, 5) is 21.9. The van der Waals surface area contributed by atoms with Crippen molar-refractivity contribution in [2.45, 2.75) is 27.2 Å². The van der Waals surface area contributed by atoms with Gasteiger partial charge in [-0.25, -0.2) is 0 Å². The van der Waals surface area contributed by atoms with E-state index in [9.17, 15) is 14.9 Å². The monoisotopic (exact) mass is 265 g/mol. The Morgan fingerprint density at radius 3 is 2.53 bits per heavy atom. The first-order chi connectivity index (χ1) is 8.70. The standard InChI is InChI=1S/C13H19N3O3/c1-13(2,3)6-7-15-12(17)9-4-5-11(16(18)19)10(14)8-9/h4-5,8H,6-7,14H2,1-3H3,(H,15,17). The number of nitro groups is 1. The van der Waals surface area contributed by atoms with E-state index in [1.807, 2.05) is 0 Å². The van der Waals surface area contributed by atoms with Gasteiger partial charge in [-0.1, -0.05) is 20.8 Å². The molecule has 0 saturated heterocycles. The van der Waals surface area contributed by atoms with Gasteiger partial charge in [-0.2, -0.15) is 0 Å². The molecule has 1 aromatic carbocycles. The molecule has 1 amide bonds. The normalized spacial score (nSPS) is 11.1. The molecule has 0 atom stereocenters. The van der Waals surface area contributed by atoms with Crippen molar-refractivity contribution in [2.75, 3.05) is 12.3 Å². The zero-order chi connectivity index (χ0) is 14.6. The molecule has 1 rings (SSSR count). The van der Waals surface area contributed by atoms with Crippen LogP contribution in [0.3, 0.4) is 0 Å². The fraction of sp³-hybridized carbons (Fsp3) is 0.462. The first-order valence-corrected chi connectivity index (χ1v) is 6.03. The van der Waals surface area contributed by atoms with Gasteiger partial charge in [-0.3, -0.25) is 14.9 Å². The smallest absolute Gasteiger partial charge is 0.292 e. The van der Waals surface area contributed by atoms with E-state index in [0.717, 1.165) is 6.42 Å². The van der Waals surface area contributed by atoms with E-state index in [2.05, 4.69) is 26.1 Å². The Bertz CT molecular complexity index is 492. The molecule has 0 aliphatic heterocycles. The minimum absolute atomic E-state index is 0.00605. The van der Waals surface area contributed by atoms with Gasteiger partial charge in [0.2, 0.25) is 0 Å². The van der Waals surface area contributed by atoms with Crippen LogP contribution >= 0.6 is 0 Å². The highest BCUT2D eigenvalue weighted by Gasteiger charge is 2.15. The third-order valence-electron chi connectivity index (χ3n) is 2.65. The molecular weight excluding hydrogens is 246 g/mol. The van der Waals surface area contributed by atoms with E-state index < -0.39 is 4.92 Å². The second-order valence-corrected chi connectivity index (χ2v) is 5.60. The Hall–Kier alpha value is -2.11. The number of benzene rings is 1. The van der Waals surface area contributed by atoms with Crippen molar-refractivity contribution in [2.24, 2.45) is 5.41 Å². The predicted molar refractivity (Wildman–Crippen MR) is 73.9 cm³/mol. The van der Waals surface area contributed by atoms with Crippen LogP contribution in [-0.2, 0) is 0 Å². The lowest BCUT2D eigenvalue weighted by Crippen LogP contribution is -2.27. The molecular formula is C13H19N3O3. The van der Waals surface area contributed by atoms with Gasteiger partial charge >= 0.3 is 0 Å². The highest BCUT2D eigenvalue weighted by Crippen LogP contribution is 2.22. The highest BCUT2D eigenvalue weighted by molar-refractivity contribution is 5.95. The lowest BCUT2D eigenvalue weighted by molar-refractivity contribution is -0.383. The largest absolute Gasteiger partial charge is 0.393 e. The summed E-state index contributed by atoms with van der Waals surface area (Å²) >= 11 is 0.